The van der Waals surface area contributed by atoms with Gasteiger partial charge in [0.1, 0.15) is 25.6 Å². The van der Waals surface area contributed by atoms with Gasteiger partial charge in [0.25, 0.3) is 10.0 Å². The van der Waals surface area contributed by atoms with Crippen LogP contribution in [0.3, 0.4) is 0 Å². The number of hydrogen-bond acceptors (Lipinski definition) is 7. The van der Waals surface area contributed by atoms with Gasteiger partial charge in [-0.25, -0.2) is 17.6 Å². The minimum absolute atomic E-state index is 0.0847. The molecule has 3 aromatic carbocycles. The Balaban J connectivity index is 1.66. The van der Waals surface area contributed by atoms with Crippen LogP contribution in [0.2, 0.25) is 0 Å². The highest BCUT2D eigenvalue weighted by molar-refractivity contribution is 7.92. The lowest BCUT2D eigenvalue weighted by Crippen LogP contribution is -2.38. The van der Waals surface area contributed by atoms with Gasteiger partial charge in [-0.2, -0.15) is 0 Å². The van der Waals surface area contributed by atoms with E-state index in [-0.39, 0.29) is 28.5 Å². The minimum atomic E-state index is -4.28. The van der Waals surface area contributed by atoms with E-state index in [1.54, 1.807) is 19.1 Å². The van der Waals surface area contributed by atoms with Gasteiger partial charge in [-0.15, -0.1) is 0 Å². The van der Waals surface area contributed by atoms with Crippen LogP contribution in [0.5, 0.6) is 11.5 Å². The van der Waals surface area contributed by atoms with Crippen LogP contribution in [-0.4, -0.2) is 47.2 Å². The number of rotatable bonds is 7. The molecule has 188 valence electrons. The average Bonchev–Trinajstić information content (AvgIpc) is 2.88. The first kappa shape index (κ1) is 25.0. The van der Waals surface area contributed by atoms with E-state index in [4.69, 9.17) is 14.2 Å². The van der Waals surface area contributed by atoms with Crippen molar-refractivity contribution in [2.24, 2.45) is 0 Å². The summed E-state index contributed by atoms with van der Waals surface area (Å²) >= 11 is 0. The number of ether oxygens (including phenoxy) is 3. The van der Waals surface area contributed by atoms with Crippen molar-refractivity contribution in [1.82, 2.24) is 0 Å². The second-order valence-corrected chi connectivity index (χ2v) is 9.73. The van der Waals surface area contributed by atoms with Gasteiger partial charge in [0.2, 0.25) is 5.91 Å². The van der Waals surface area contributed by atoms with Gasteiger partial charge in [-0.3, -0.25) is 9.10 Å². The predicted octanol–water partition coefficient (Wildman–Crippen LogP) is 3.53. The molecule has 0 fully saturated rings. The van der Waals surface area contributed by atoms with Crippen LogP contribution in [-0.2, 0) is 19.6 Å². The van der Waals surface area contributed by atoms with E-state index in [1.165, 1.54) is 43.5 Å². The van der Waals surface area contributed by atoms with E-state index in [0.717, 1.165) is 16.4 Å². The first-order chi connectivity index (χ1) is 17.2. The number of methoxy groups -OCH3 is 1. The van der Waals surface area contributed by atoms with Gasteiger partial charge in [-0.1, -0.05) is 6.07 Å². The number of sulfonamides is 1. The van der Waals surface area contributed by atoms with Crippen molar-refractivity contribution in [3.63, 3.8) is 0 Å². The number of carbonyl (C=O) groups is 2. The molecule has 3 aromatic rings. The number of fused-ring (bicyclic) bond motifs is 1. The lowest BCUT2D eigenvalue weighted by atomic mass is 10.1. The summed E-state index contributed by atoms with van der Waals surface area (Å²) in [6, 6.07) is 13.5. The Labute approximate surface area is 207 Å². The van der Waals surface area contributed by atoms with Crippen molar-refractivity contribution in [2.45, 2.75) is 11.8 Å². The Morgan fingerprint density at radius 2 is 1.69 bits per heavy atom. The molecular weight excluding hydrogens is 491 g/mol. The van der Waals surface area contributed by atoms with Crippen LogP contribution in [0.1, 0.15) is 15.9 Å². The van der Waals surface area contributed by atoms with Crippen LogP contribution >= 0.6 is 0 Å². The summed E-state index contributed by atoms with van der Waals surface area (Å²) in [4.78, 5) is 24.8. The zero-order valence-corrected chi connectivity index (χ0v) is 20.3. The third kappa shape index (κ3) is 5.25. The second-order valence-electron chi connectivity index (χ2n) is 7.86. The Bertz CT molecular complexity index is 1410. The topological polar surface area (TPSA) is 111 Å². The molecule has 1 heterocycles. The lowest BCUT2D eigenvalue weighted by Gasteiger charge is -2.25. The Morgan fingerprint density at radius 3 is 2.39 bits per heavy atom. The van der Waals surface area contributed by atoms with E-state index < -0.39 is 34.3 Å². The number of hydrogen-bond donors (Lipinski definition) is 1. The fraction of sp³-hybridized carbons (Fsp3) is 0.200. The number of carbonyl (C=O) groups excluding carboxylic acids is 2. The van der Waals surface area contributed by atoms with Crippen molar-refractivity contribution in [2.75, 3.05) is 36.5 Å². The maximum absolute atomic E-state index is 13.6. The molecule has 0 saturated carbocycles. The normalized spacial score (nSPS) is 12.5. The van der Waals surface area contributed by atoms with E-state index in [9.17, 15) is 22.4 Å². The number of aryl methyl sites for hydroxylation is 1. The maximum Gasteiger partial charge on any atom is 0.337 e. The smallest absolute Gasteiger partial charge is 0.337 e. The quantitative estimate of drug-likeness (QED) is 0.480. The molecule has 9 nitrogen and oxygen atoms in total. The van der Waals surface area contributed by atoms with Crippen molar-refractivity contribution < 1.29 is 36.6 Å². The average molecular weight is 515 g/mol. The number of amides is 1. The summed E-state index contributed by atoms with van der Waals surface area (Å²) < 4.78 is 57.4. The number of halogens is 1. The van der Waals surface area contributed by atoms with Crippen LogP contribution < -0.4 is 19.1 Å². The van der Waals surface area contributed by atoms with Gasteiger partial charge in [-0.05, 0) is 61.0 Å². The maximum atomic E-state index is 13.6. The minimum Gasteiger partial charge on any atom is -0.486 e. The van der Waals surface area contributed by atoms with Crippen molar-refractivity contribution >= 4 is 33.3 Å². The van der Waals surface area contributed by atoms with E-state index >= 15 is 0 Å². The molecule has 1 aliphatic heterocycles. The molecule has 0 atom stereocenters. The number of benzene rings is 3. The number of esters is 1. The summed E-state index contributed by atoms with van der Waals surface area (Å²) in [7, 11) is -3.04. The zero-order chi connectivity index (χ0) is 25.9. The third-order valence-corrected chi connectivity index (χ3v) is 7.21. The molecule has 0 spiro atoms. The summed E-state index contributed by atoms with van der Waals surface area (Å²) in [5, 5.41) is 2.64. The standard InChI is InChI=1S/C25H23FN2O7S/c1-16-3-4-17(25(30)33-2)13-21(16)27-24(29)15-28(19-7-5-18(26)6-8-19)36(31,32)20-9-10-22-23(14-20)35-12-11-34-22/h3-10,13-14H,11-12,15H2,1-2H3,(H,27,29). The summed E-state index contributed by atoms with van der Waals surface area (Å²) in [6.45, 7) is 1.72. The van der Waals surface area contributed by atoms with Crippen LogP contribution in [0.15, 0.2) is 65.6 Å². The number of nitrogens with one attached hydrogen (secondary N) is 1. The van der Waals surface area contributed by atoms with E-state index in [0.29, 0.717) is 23.6 Å². The largest absolute Gasteiger partial charge is 0.486 e. The zero-order valence-electron chi connectivity index (χ0n) is 19.5. The molecule has 0 aromatic heterocycles. The summed E-state index contributed by atoms with van der Waals surface area (Å²) in [5.74, 6) is -1.14. The Hall–Kier alpha value is -4.12. The molecule has 1 aliphatic rings. The van der Waals surface area contributed by atoms with Crippen molar-refractivity contribution in [3.05, 3.63) is 77.6 Å². The lowest BCUT2D eigenvalue weighted by molar-refractivity contribution is -0.114. The Kier molecular flexibility index (Phi) is 7.11. The molecule has 0 bridgehead atoms. The third-order valence-electron chi connectivity index (χ3n) is 5.44. The summed E-state index contributed by atoms with van der Waals surface area (Å²) in [6.07, 6.45) is 0. The molecule has 0 aliphatic carbocycles. The highest BCUT2D eigenvalue weighted by atomic mass is 32.2. The molecular formula is C25H23FN2O7S. The monoisotopic (exact) mass is 514 g/mol. The molecule has 36 heavy (non-hydrogen) atoms. The van der Waals surface area contributed by atoms with Crippen molar-refractivity contribution in [1.29, 1.82) is 0 Å². The number of anilines is 2. The van der Waals surface area contributed by atoms with Gasteiger partial charge < -0.3 is 19.5 Å². The molecule has 0 saturated heterocycles. The molecule has 11 heteroatoms. The van der Waals surface area contributed by atoms with Gasteiger partial charge in [0.05, 0.1) is 23.3 Å². The highest BCUT2D eigenvalue weighted by Crippen LogP contribution is 2.34. The molecule has 1 amide bonds. The van der Waals surface area contributed by atoms with Crippen molar-refractivity contribution in [3.8, 4) is 11.5 Å². The van der Waals surface area contributed by atoms with E-state index in [2.05, 4.69) is 5.32 Å². The van der Waals surface area contributed by atoms with Crippen LogP contribution in [0.25, 0.3) is 0 Å². The van der Waals surface area contributed by atoms with Gasteiger partial charge >= 0.3 is 5.97 Å². The SMILES string of the molecule is COC(=O)c1ccc(C)c(NC(=O)CN(c2ccc(F)cc2)S(=O)(=O)c2ccc3c(c2)OCCO3)c1. The Morgan fingerprint density at radius 1 is 1.00 bits per heavy atom. The first-order valence-electron chi connectivity index (χ1n) is 10.9. The molecule has 0 radical (unpaired) electrons. The fourth-order valence-electron chi connectivity index (χ4n) is 3.56. The number of nitrogens with zero attached hydrogens (tertiary/aromatic N) is 1. The molecule has 1 N–H and O–H groups in total. The molecule has 0 unspecified atom stereocenters. The summed E-state index contributed by atoms with van der Waals surface area (Å²) in [5.41, 5.74) is 1.27. The first-order valence-corrected chi connectivity index (χ1v) is 12.3. The fourth-order valence-corrected chi connectivity index (χ4v) is 4.99. The predicted molar refractivity (Wildman–Crippen MR) is 130 cm³/mol. The van der Waals surface area contributed by atoms with Gasteiger partial charge in [0.15, 0.2) is 11.5 Å². The van der Waals surface area contributed by atoms with E-state index in [1.807, 2.05) is 0 Å². The van der Waals surface area contributed by atoms with Crippen LogP contribution in [0, 0.1) is 12.7 Å². The second kappa shape index (κ2) is 10.2. The highest BCUT2D eigenvalue weighted by Gasteiger charge is 2.29. The molecule has 4 rings (SSSR count). The van der Waals surface area contributed by atoms with Gasteiger partial charge in [0, 0.05) is 11.8 Å². The van der Waals surface area contributed by atoms with Crippen LogP contribution in [0.4, 0.5) is 15.8 Å².